The van der Waals surface area contributed by atoms with E-state index in [1.165, 1.54) is 12.1 Å². The van der Waals surface area contributed by atoms with Gasteiger partial charge in [0, 0.05) is 18.3 Å². The number of benzene rings is 1. The van der Waals surface area contributed by atoms with Gasteiger partial charge in [0.1, 0.15) is 5.69 Å². The molecule has 234 valence electrons. The fourth-order valence-corrected chi connectivity index (χ4v) is 5.61. The van der Waals surface area contributed by atoms with Gasteiger partial charge in [0.05, 0.1) is 5.69 Å². The molecule has 20 heteroatoms. The molecule has 0 saturated carbocycles. The van der Waals surface area contributed by atoms with E-state index in [1.54, 1.807) is 0 Å². The average Bonchev–Trinajstić information content (AvgIpc) is 3.29. The standard InChI is InChI=1S/C22H24F8N6O4S2/c1-4-13-6-5-12-7-14(31-33-19-34-32-17(41-19)18(37)40-22(29,30)21(26,27)28)15(8-16(12)36(13)9-11(2)3)35-42(38,39)10-20(23,24)25/h7-8,11,13,35H,4-6,9-10H2,1-3H3. The van der Waals surface area contributed by atoms with Crippen molar-refractivity contribution in [3.8, 4) is 0 Å². The van der Waals surface area contributed by atoms with E-state index in [4.69, 9.17) is 0 Å². The molecular weight excluding hydrogens is 628 g/mol. The van der Waals surface area contributed by atoms with Gasteiger partial charge in [-0.3, -0.25) is 4.72 Å². The van der Waals surface area contributed by atoms with Crippen LogP contribution in [0.25, 0.3) is 0 Å². The van der Waals surface area contributed by atoms with Crippen molar-refractivity contribution < 1.29 is 53.1 Å². The van der Waals surface area contributed by atoms with Gasteiger partial charge in [-0.25, -0.2) is 13.2 Å². The number of sulfonamides is 1. The highest BCUT2D eigenvalue weighted by atomic mass is 32.2. The Morgan fingerprint density at radius 2 is 1.81 bits per heavy atom. The first-order valence-electron chi connectivity index (χ1n) is 12.1. The molecular formula is C22H24F8N6O4S2. The normalized spacial score (nSPS) is 16.7. The molecule has 0 bridgehead atoms. The first-order valence-corrected chi connectivity index (χ1v) is 14.6. The van der Waals surface area contributed by atoms with Crippen LogP contribution in [0.2, 0.25) is 0 Å². The van der Waals surface area contributed by atoms with Crippen molar-refractivity contribution in [3.63, 3.8) is 0 Å². The number of rotatable bonds is 10. The minimum Gasteiger partial charge on any atom is -0.388 e. The zero-order chi connectivity index (χ0) is 31.7. The number of hydrogen-bond acceptors (Lipinski definition) is 10. The number of carbonyl (C=O) groups is 1. The molecule has 3 rings (SSSR count). The molecule has 2 aromatic rings. The maximum Gasteiger partial charge on any atom is 0.501 e. The highest BCUT2D eigenvalue weighted by molar-refractivity contribution is 7.92. The number of aryl methyl sites for hydroxylation is 1. The molecule has 0 radical (unpaired) electrons. The molecule has 2 heterocycles. The Morgan fingerprint density at radius 3 is 2.38 bits per heavy atom. The lowest BCUT2D eigenvalue weighted by Gasteiger charge is -2.40. The van der Waals surface area contributed by atoms with Crippen LogP contribution in [0.5, 0.6) is 0 Å². The van der Waals surface area contributed by atoms with Crippen LogP contribution in [0.15, 0.2) is 22.4 Å². The molecule has 10 nitrogen and oxygen atoms in total. The van der Waals surface area contributed by atoms with Gasteiger partial charge in [0.2, 0.25) is 15.0 Å². The van der Waals surface area contributed by atoms with Crippen LogP contribution >= 0.6 is 11.3 Å². The number of esters is 1. The molecule has 1 aliphatic heterocycles. The van der Waals surface area contributed by atoms with Gasteiger partial charge in [-0.1, -0.05) is 32.1 Å². The van der Waals surface area contributed by atoms with E-state index >= 15 is 0 Å². The summed E-state index contributed by atoms with van der Waals surface area (Å²) < 4.78 is 131. The number of aromatic nitrogens is 2. The minimum absolute atomic E-state index is 0.0799. The molecule has 1 atom stereocenters. The number of nitrogens with one attached hydrogen (secondary N) is 1. The summed E-state index contributed by atoms with van der Waals surface area (Å²) in [6.45, 7) is 6.47. The van der Waals surface area contributed by atoms with Crippen molar-refractivity contribution in [2.45, 2.75) is 64.5 Å². The van der Waals surface area contributed by atoms with Crippen LogP contribution in [0.4, 0.5) is 57.3 Å². The molecule has 1 unspecified atom stereocenters. The Balaban J connectivity index is 1.99. The molecule has 42 heavy (non-hydrogen) atoms. The maximum absolute atomic E-state index is 13.0. The van der Waals surface area contributed by atoms with Crippen LogP contribution in [0.3, 0.4) is 0 Å². The second-order valence-electron chi connectivity index (χ2n) is 9.62. The Morgan fingerprint density at radius 1 is 1.14 bits per heavy atom. The molecule has 0 amide bonds. The predicted octanol–water partition coefficient (Wildman–Crippen LogP) is 6.76. The number of anilines is 2. The van der Waals surface area contributed by atoms with Crippen LogP contribution in [-0.2, 0) is 21.2 Å². The molecule has 1 aromatic heterocycles. The SMILES string of the molecule is CCC1CCc2cc(N=Nc3nnc(C(=O)OC(F)(F)C(F)(F)F)s3)c(NS(=O)(=O)CC(F)(F)F)cc2N1CC(C)C. The van der Waals surface area contributed by atoms with E-state index < -0.39 is 50.3 Å². The van der Waals surface area contributed by atoms with Gasteiger partial charge < -0.3 is 9.64 Å². The van der Waals surface area contributed by atoms with Gasteiger partial charge in [0.15, 0.2) is 5.75 Å². The quantitative estimate of drug-likeness (QED) is 0.171. The van der Waals surface area contributed by atoms with Crippen molar-refractivity contribution in [2.75, 3.05) is 21.9 Å². The number of hydrogen-bond donors (Lipinski definition) is 1. The third-order valence-corrected chi connectivity index (χ3v) is 7.76. The Hall–Kier alpha value is -3.16. The number of carbonyl (C=O) groups excluding carboxylic acids is 1. The van der Waals surface area contributed by atoms with Crippen molar-refractivity contribution in [3.05, 3.63) is 22.7 Å². The summed E-state index contributed by atoms with van der Waals surface area (Å²) >= 11 is 0.124. The highest BCUT2D eigenvalue weighted by Gasteiger charge is 2.62. The van der Waals surface area contributed by atoms with E-state index in [0.717, 1.165) is 12.8 Å². The zero-order valence-electron chi connectivity index (χ0n) is 22.1. The zero-order valence-corrected chi connectivity index (χ0v) is 23.7. The second-order valence-corrected chi connectivity index (χ2v) is 12.3. The summed E-state index contributed by atoms with van der Waals surface area (Å²) in [7, 11) is -4.97. The van der Waals surface area contributed by atoms with E-state index in [-0.39, 0.29) is 34.7 Å². The number of alkyl halides is 8. The molecule has 0 spiro atoms. The van der Waals surface area contributed by atoms with E-state index in [2.05, 4.69) is 25.2 Å². The molecule has 1 aromatic carbocycles. The van der Waals surface area contributed by atoms with Crippen molar-refractivity contribution in [1.29, 1.82) is 0 Å². The van der Waals surface area contributed by atoms with Crippen molar-refractivity contribution in [1.82, 2.24) is 10.2 Å². The number of azo groups is 1. The number of halogens is 8. The second kappa shape index (κ2) is 12.2. The summed E-state index contributed by atoms with van der Waals surface area (Å²) in [5, 5.41) is 12.3. The third kappa shape index (κ3) is 8.45. The summed E-state index contributed by atoms with van der Waals surface area (Å²) in [5.41, 5.74) is 0.657. The lowest BCUT2D eigenvalue weighted by Crippen LogP contribution is -2.41. The lowest BCUT2D eigenvalue weighted by molar-refractivity contribution is -0.370. The van der Waals surface area contributed by atoms with Gasteiger partial charge in [-0.05, 0) is 42.9 Å². The molecule has 0 saturated heterocycles. The van der Waals surface area contributed by atoms with Crippen LogP contribution in [-0.4, -0.2) is 61.4 Å². The highest BCUT2D eigenvalue weighted by Crippen LogP contribution is 2.41. The Kier molecular flexibility index (Phi) is 9.70. The number of ether oxygens (including phenoxy) is 1. The van der Waals surface area contributed by atoms with Gasteiger partial charge in [-0.15, -0.1) is 20.4 Å². The minimum atomic E-state index is -6.18. The first-order chi connectivity index (χ1) is 19.2. The predicted molar refractivity (Wildman–Crippen MR) is 135 cm³/mol. The van der Waals surface area contributed by atoms with Crippen molar-refractivity contribution >= 4 is 49.5 Å². The maximum atomic E-state index is 13.0. The lowest BCUT2D eigenvalue weighted by atomic mass is 9.92. The summed E-state index contributed by atoms with van der Waals surface area (Å²) in [6.07, 6.45) is -15.1. The van der Waals surface area contributed by atoms with Crippen LogP contribution < -0.4 is 9.62 Å². The van der Waals surface area contributed by atoms with Gasteiger partial charge in [0.25, 0.3) is 5.13 Å². The van der Waals surface area contributed by atoms with E-state index in [9.17, 15) is 48.3 Å². The average molecular weight is 653 g/mol. The monoisotopic (exact) mass is 652 g/mol. The van der Waals surface area contributed by atoms with Gasteiger partial charge >= 0.3 is 24.4 Å². The molecule has 1 N–H and O–H groups in total. The Bertz CT molecular complexity index is 1430. The van der Waals surface area contributed by atoms with Gasteiger partial charge in [-0.2, -0.15) is 35.1 Å². The Labute approximate surface area is 238 Å². The van der Waals surface area contributed by atoms with Crippen LogP contribution in [0.1, 0.15) is 49.0 Å². The summed E-state index contributed by atoms with van der Waals surface area (Å²) in [4.78, 5) is 13.7. The fourth-order valence-electron chi connectivity index (χ4n) is 4.06. The summed E-state index contributed by atoms with van der Waals surface area (Å²) in [6, 6.07) is 2.82. The molecule has 1 aliphatic rings. The molecule has 0 fully saturated rings. The topological polar surface area (TPSA) is 126 Å². The number of nitrogens with zero attached hydrogens (tertiary/aromatic N) is 5. The van der Waals surface area contributed by atoms with Crippen molar-refractivity contribution in [2.24, 2.45) is 16.1 Å². The summed E-state index contributed by atoms with van der Waals surface area (Å²) in [5.74, 6) is -4.16. The largest absolute Gasteiger partial charge is 0.501 e. The third-order valence-electron chi connectivity index (χ3n) is 5.73. The van der Waals surface area contributed by atoms with E-state index in [0.29, 0.717) is 24.2 Å². The smallest absolute Gasteiger partial charge is 0.388 e. The fraction of sp³-hybridized carbons (Fsp3) is 0.591. The first kappa shape index (κ1) is 33.3. The molecule has 0 aliphatic carbocycles. The van der Waals surface area contributed by atoms with E-state index in [1.807, 2.05) is 30.4 Å². The number of fused-ring (bicyclic) bond motifs is 1. The van der Waals surface area contributed by atoms with Crippen LogP contribution in [0, 0.1) is 5.92 Å².